The Labute approximate surface area is 207 Å². The van der Waals surface area contributed by atoms with Gasteiger partial charge in [0.1, 0.15) is 5.67 Å². The number of carbonyl (C=O) groups excluding carboxylic acids is 1. The third kappa shape index (κ3) is 4.19. The van der Waals surface area contributed by atoms with E-state index in [2.05, 4.69) is 30.3 Å². The third-order valence-electron chi connectivity index (χ3n) is 6.48. The second-order valence-electron chi connectivity index (χ2n) is 9.41. The zero-order valence-corrected chi connectivity index (χ0v) is 20.0. The summed E-state index contributed by atoms with van der Waals surface area (Å²) in [5.41, 5.74) is -7.43. The van der Waals surface area contributed by atoms with Gasteiger partial charge in [-0.25, -0.2) is 24.4 Å². The van der Waals surface area contributed by atoms with Crippen LogP contribution in [-0.4, -0.2) is 78.8 Å². The molecule has 3 aromatic rings. The van der Waals surface area contributed by atoms with Crippen molar-refractivity contribution >= 4 is 27.5 Å². The highest BCUT2D eigenvalue weighted by Crippen LogP contribution is 2.41. The molecular weight excluding hydrogens is 522 g/mol. The summed E-state index contributed by atoms with van der Waals surface area (Å²) in [6, 6.07) is 1.53. The largest absolute Gasteiger partial charge is 0.511 e. The van der Waals surface area contributed by atoms with Gasteiger partial charge in [-0.05, 0) is 19.8 Å². The number of hydrogen-bond donors (Lipinski definition) is 1. The van der Waals surface area contributed by atoms with Gasteiger partial charge in [0.05, 0.1) is 11.8 Å². The predicted molar refractivity (Wildman–Crippen MR) is 119 cm³/mol. The quantitative estimate of drug-likeness (QED) is 0.372. The van der Waals surface area contributed by atoms with Crippen molar-refractivity contribution in [2.75, 3.05) is 25.0 Å². The molecule has 0 bridgehead atoms. The smallest absolute Gasteiger partial charge is 0.314 e. The molecule has 1 saturated carbocycles. The van der Waals surface area contributed by atoms with Crippen LogP contribution in [0.5, 0.6) is 0 Å². The molecule has 12 nitrogen and oxygen atoms in total. The zero-order chi connectivity index (χ0) is 26.8. The van der Waals surface area contributed by atoms with Crippen molar-refractivity contribution < 1.29 is 30.8 Å². The number of nitrogens with zero attached hydrogens (tertiary/aromatic N) is 8. The molecule has 0 aromatic carbocycles. The lowest BCUT2D eigenvalue weighted by Gasteiger charge is -2.45. The van der Waals surface area contributed by atoms with Gasteiger partial charge in [0.15, 0.2) is 17.0 Å². The summed E-state index contributed by atoms with van der Waals surface area (Å²) in [6.45, 7) is 7.18. The Morgan fingerprint density at radius 3 is 2.65 bits per heavy atom. The van der Waals surface area contributed by atoms with Crippen molar-refractivity contribution in [2.45, 2.75) is 36.5 Å². The summed E-state index contributed by atoms with van der Waals surface area (Å²) in [4.78, 5) is 24.1. The number of alkyl halides is 4. The van der Waals surface area contributed by atoms with E-state index in [1.165, 1.54) is 40.8 Å². The van der Waals surface area contributed by atoms with E-state index < -0.39 is 51.7 Å². The van der Waals surface area contributed by atoms with E-state index in [1.807, 2.05) is 0 Å². The first-order valence-corrected chi connectivity index (χ1v) is 12.4. The minimum atomic E-state index is -5.53. The fourth-order valence-electron chi connectivity index (χ4n) is 4.52. The Balaban J connectivity index is 1.39. The van der Waals surface area contributed by atoms with Gasteiger partial charge < -0.3 is 4.85 Å². The maximum atomic E-state index is 13.7. The highest BCUT2D eigenvalue weighted by Gasteiger charge is 2.60. The number of fused-ring (bicyclic) bond motifs is 1. The molecule has 1 N–H and O–H groups in total. The number of halogens is 4. The number of sulfonamides is 1. The van der Waals surface area contributed by atoms with Crippen LogP contribution in [0.25, 0.3) is 21.9 Å². The summed E-state index contributed by atoms with van der Waals surface area (Å²) >= 11 is 0. The molecule has 3 aromatic heterocycles. The Morgan fingerprint density at radius 1 is 1.32 bits per heavy atom. The number of nitrogens with one attached hydrogen (secondary N) is 1. The first-order valence-electron chi connectivity index (χ1n) is 10.9. The molecule has 2 aliphatic rings. The molecular formula is C20H19F4N9O3S. The number of rotatable bonds is 6. The molecule has 1 aliphatic carbocycles. The lowest BCUT2D eigenvalue weighted by atomic mass is 9.73. The van der Waals surface area contributed by atoms with E-state index in [9.17, 15) is 30.8 Å². The summed E-state index contributed by atoms with van der Waals surface area (Å²) in [5, 5.41) is 11.0. The summed E-state index contributed by atoms with van der Waals surface area (Å²) < 4.78 is 78.8. The maximum Gasteiger partial charge on any atom is 0.511 e. The highest BCUT2D eigenvalue weighted by molar-refractivity contribution is 7.90. The number of amides is 1. The van der Waals surface area contributed by atoms with E-state index >= 15 is 0 Å². The van der Waals surface area contributed by atoms with Crippen molar-refractivity contribution in [2.24, 2.45) is 5.92 Å². The number of carbonyl (C=O) groups is 1. The van der Waals surface area contributed by atoms with Crippen LogP contribution >= 0.6 is 0 Å². The van der Waals surface area contributed by atoms with Gasteiger partial charge in [-0.3, -0.25) is 14.8 Å². The fourth-order valence-corrected chi connectivity index (χ4v) is 5.63. The maximum absolute atomic E-state index is 13.7. The van der Waals surface area contributed by atoms with Crippen molar-refractivity contribution in [1.82, 2.24) is 33.7 Å². The minimum absolute atomic E-state index is 0.0180. The summed E-state index contributed by atoms with van der Waals surface area (Å²) in [7, 11) is -5.53. The van der Waals surface area contributed by atoms with Crippen LogP contribution in [0.2, 0.25) is 0 Å². The first kappa shape index (κ1) is 25.0. The standard InChI is InChI=1S/C20H19F4N9O3S/c1-18(21)5-12(6-18)16(34)29-17-28-14-3-4-26-15(33(14)30-17)13-7-27-32(8-13)19(9-25-2)10-31(11-19)37(35,36)20(22,23)24/h3-4,7-8,12H,5-6,9-11H2,1H3,(H,29,30,34). The number of aromatic nitrogens is 6. The van der Waals surface area contributed by atoms with E-state index in [4.69, 9.17) is 6.57 Å². The molecule has 1 saturated heterocycles. The first-order chi connectivity index (χ1) is 17.2. The topological polar surface area (TPSA) is 132 Å². The van der Waals surface area contributed by atoms with Gasteiger partial charge in [0, 0.05) is 37.5 Å². The van der Waals surface area contributed by atoms with Gasteiger partial charge >= 0.3 is 15.5 Å². The Kier molecular flexibility index (Phi) is 5.53. The average Bonchev–Trinajstić information content (AvgIpc) is 3.40. The highest BCUT2D eigenvalue weighted by atomic mass is 32.2. The van der Waals surface area contributed by atoms with E-state index in [1.54, 1.807) is 0 Å². The Morgan fingerprint density at radius 2 is 2.03 bits per heavy atom. The van der Waals surface area contributed by atoms with E-state index in [-0.39, 0.29) is 35.5 Å². The average molecular weight is 541 g/mol. The van der Waals surface area contributed by atoms with Crippen LogP contribution < -0.4 is 5.32 Å². The molecule has 0 radical (unpaired) electrons. The second-order valence-corrected chi connectivity index (χ2v) is 11.3. The molecule has 1 amide bonds. The Hall–Kier alpha value is -3.65. The molecule has 5 rings (SSSR count). The molecule has 0 unspecified atom stereocenters. The Bertz CT molecular complexity index is 1530. The van der Waals surface area contributed by atoms with E-state index in [0.29, 0.717) is 11.2 Å². The molecule has 17 heteroatoms. The second kappa shape index (κ2) is 8.18. The molecule has 4 heterocycles. The summed E-state index contributed by atoms with van der Waals surface area (Å²) in [6.07, 6.45) is 4.42. The van der Waals surface area contributed by atoms with Gasteiger partial charge in [0.25, 0.3) is 0 Å². The predicted octanol–water partition coefficient (Wildman–Crippen LogP) is 1.84. The van der Waals surface area contributed by atoms with Crippen LogP contribution in [0.4, 0.5) is 23.5 Å². The molecule has 196 valence electrons. The molecule has 1 aliphatic heterocycles. The van der Waals surface area contributed by atoms with Crippen molar-refractivity contribution in [3.8, 4) is 11.4 Å². The molecule has 0 atom stereocenters. The zero-order valence-electron chi connectivity index (χ0n) is 19.1. The number of hydrogen-bond acceptors (Lipinski definition) is 7. The summed E-state index contributed by atoms with van der Waals surface area (Å²) in [5.74, 6) is -0.679. The van der Waals surface area contributed by atoms with Crippen LogP contribution in [0.15, 0.2) is 24.7 Å². The third-order valence-corrected chi connectivity index (χ3v) is 8.00. The van der Waals surface area contributed by atoms with Crippen molar-refractivity contribution in [1.29, 1.82) is 0 Å². The van der Waals surface area contributed by atoms with E-state index in [0.717, 1.165) is 0 Å². The lowest BCUT2D eigenvalue weighted by molar-refractivity contribution is -0.127. The van der Waals surface area contributed by atoms with Gasteiger partial charge in [-0.1, -0.05) is 0 Å². The van der Waals surface area contributed by atoms with Gasteiger partial charge in [-0.2, -0.15) is 32.1 Å². The van der Waals surface area contributed by atoms with Crippen LogP contribution in [0.1, 0.15) is 19.8 Å². The SMILES string of the molecule is [C-]#[N+]CC1(n2cc(-c3nccc4nc(NC(=O)C5CC(C)(F)C5)nn34)cn2)CN(S(=O)(=O)C(F)(F)F)C1. The molecule has 0 spiro atoms. The lowest BCUT2D eigenvalue weighted by Crippen LogP contribution is -2.67. The number of anilines is 1. The molecule has 37 heavy (non-hydrogen) atoms. The van der Waals surface area contributed by atoms with Crippen LogP contribution in [-0.2, 0) is 20.4 Å². The monoisotopic (exact) mass is 541 g/mol. The normalized spacial score (nSPS) is 23.7. The van der Waals surface area contributed by atoms with Crippen LogP contribution in [0, 0.1) is 12.5 Å². The van der Waals surface area contributed by atoms with Crippen molar-refractivity contribution in [3.05, 3.63) is 36.1 Å². The van der Waals surface area contributed by atoms with Gasteiger partial charge in [0.2, 0.25) is 18.4 Å². The molecule has 2 fully saturated rings. The van der Waals surface area contributed by atoms with Crippen LogP contribution in [0.3, 0.4) is 0 Å². The van der Waals surface area contributed by atoms with Crippen molar-refractivity contribution in [3.63, 3.8) is 0 Å². The van der Waals surface area contributed by atoms with Gasteiger partial charge in [-0.15, -0.1) is 5.10 Å². The minimum Gasteiger partial charge on any atom is -0.314 e. The fraction of sp³-hybridized carbons (Fsp3) is 0.500.